The van der Waals surface area contributed by atoms with Gasteiger partial charge in [0.1, 0.15) is 5.75 Å². The quantitative estimate of drug-likeness (QED) is 0.809. The number of nitrogens with one attached hydrogen (secondary N) is 1. The molecular formula is C14H18N2O3. The molecule has 0 saturated carbocycles. The summed E-state index contributed by atoms with van der Waals surface area (Å²) >= 11 is 0. The summed E-state index contributed by atoms with van der Waals surface area (Å²) in [6.07, 6.45) is 2.68. The smallest absolute Gasteiger partial charge is 0.322 e. The van der Waals surface area contributed by atoms with Gasteiger partial charge in [-0.2, -0.15) is 0 Å². The third-order valence-corrected chi connectivity index (χ3v) is 3.70. The lowest BCUT2D eigenvalue weighted by Gasteiger charge is -2.31. The van der Waals surface area contributed by atoms with Gasteiger partial charge in [-0.25, -0.2) is 4.79 Å². The highest BCUT2D eigenvalue weighted by molar-refractivity contribution is 5.95. The maximum absolute atomic E-state index is 12.3. The van der Waals surface area contributed by atoms with E-state index in [1.165, 1.54) is 0 Å². The number of carbonyl (C=O) groups is 1. The van der Waals surface area contributed by atoms with Crippen LogP contribution >= 0.6 is 0 Å². The Morgan fingerprint density at radius 3 is 3.16 bits per heavy atom. The molecule has 1 atom stereocenters. The van der Waals surface area contributed by atoms with Gasteiger partial charge in [-0.1, -0.05) is 12.1 Å². The van der Waals surface area contributed by atoms with Gasteiger partial charge >= 0.3 is 6.03 Å². The van der Waals surface area contributed by atoms with E-state index in [4.69, 9.17) is 4.74 Å². The monoisotopic (exact) mass is 262 g/mol. The van der Waals surface area contributed by atoms with Gasteiger partial charge in [-0.05, 0) is 30.9 Å². The van der Waals surface area contributed by atoms with Crippen molar-refractivity contribution in [2.24, 2.45) is 0 Å². The maximum atomic E-state index is 12.3. The molecule has 2 amide bonds. The fourth-order valence-corrected chi connectivity index (χ4v) is 2.73. The lowest BCUT2D eigenvalue weighted by molar-refractivity contribution is 0.189. The van der Waals surface area contributed by atoms with Crippen LogP contribution in [0, 0.1) is 0 Å². The highest BCUT2D eigenvalue weighted by Crippen LogP contribution is 2.35. The summed E-state index contributed by atoms with van der Waals surface area (Å²) in [5.41, 5.74) is 1.69. The molecular weight excluding hydrogens is 244 g/mol. The number of para-hydroxylation sites is 1. The molecule has 1 unspecified atom stereocenters. The first-order valence-corrected chi connectivity index (χ1v) is 6.72. The highest BCUT2D eigenvalue weighted by Gasteiger charge is 2.27. The molecule has 1 saturated heterocycles. The number of urea groups is 1. The Morgan fingerprint density at radius 1 is 1.47 bits per heavy atom. The van der Waals surface area contributed by atoms with Crippen molar-refractivity contribution in [3.05, 3.63) is 23.8 Å². The number of carbonyl (C=O) groups excluding carboxylic acids is 1. The van der Waals surface area contributed by atoms with E-state index in [1.54, 1.807) is 11.0 Å². The van der Waals surface area contributed by atoms with Gasteiger partial charge in [0.2, 0.25) is 0 Å². The largest absolute Gasteiger partial charge is 0.506 e. The van der Waals surface area contributed by atoms with Crippen LogP contribution in [0.3, 0.4) is 0 Å². The number of hydrogen-bond acceptors (Lipinski definition) is 3. The zero-order chi connectivity index (χ0) is 13.2. The second-order valence-corrected chi connectivity index (χ2v) is 5.05. The molecule has 102 valence electrons. The van der Waals surface area contributed by atoms with E-state index in [1.807, 2.05) is 12.1 Å². The Kier molecular flexibility index (Phi) is 3.29. The number of nitrogens with zero attached hydrogens (tertiary/aromatic N) is 1. The van der Waals surface area contributed by atoms with Crippen molar-refractivity contribution in [1.82, 2.24) is 5.32 Å². The highest BCUT2D eigenvalue weighted by atomic mass is 16.5. The molecule has 5 heteroatoms. The fraction of sp³-hybridized carbons (Fsp3) is 0.500. The van der Waals surface area contributed by atoms with Crippen molar-refractivity contribution >= 4 is 11.7 Å². The predicted molar refractivity (Wildman–Crippen MR) is 71.5 cm³/mol. The lowest BCUT2D eigenvalue weighted by Crippen LogP contribution is -2.47. The van der Waals surface area contributed by atoms with E-state index in [2.05, 4.69) is 5.32 Å². The van der Waals surface area contributed by atoms with Crippen molar-refractivity contribution < 1.29 is 14.6 Å². The van der Waals surface area contributed by atoms with Gasteiger partial charge in [0.05, 0.1) is 18.3 Å². The number of fused-ring (bicyclic) bond motifs is 1. The number of ether oxygens (including phenoxy) is 1. The van der Waals surface area contributed by atoms with E-state index in [-0.39, 0.29) is 17.8 Å². The van der Waals surface area contributed by atoms with Gasteiger partial charge in [-0.3, -0.25) is 4.90 Å². The van der Waals surface area contributed by atoms with Crippen LogP contribution in [0.4, 0.5) is 10.5 Å². The minimum atomic E-state index is -0.141. The molecule has 0 bridgehead atoms. The number of amides is 2. The van der Waals surface area contributed by atoms with Gasteiger partial charge in [0, 0.05) is 13.2 Å². The van der Waals surface area contributed by atoms with Crippen molar-refractivity contribution in [2.45, 2.75) is 25.3 Å². The van der Waals surface area contributed by atoms with Crippen LogP contribution in [0.2, 0.25) is 0 Å². The van der Waals surface area contributed by atoms with Gasteiger partial charge in [0.15, 0.2) is 0 Å². The van der Waals surface area contributed by atoms with Gasteiger partial charge in [0.25, 0.3) is 0 Å². The maximum Gasteiger partial charge on any atom is 0.322 e. The number of aromatic hydroxyl groups is 1. The Balaban J connectivity index is 1.80. The average Bonchev–Trinajstić information content (AvgIpc) is 2.91. The molecule has 2 aliphatic rings. The lowest BCUT2D eigenvalue weighted by atomic mass is 10.0. The predicted octanol–water partition coefficient (Wildman–Crippen LogP) is 1.64. The van der Waals surface area contributed by atoms with E-state index in [9.17, 15) is 9.90 Å². The number of phenols is 1. The molecule has 2 heterocycles. The summed E-state index contributed by atoms with van der Waals surface area (Å²) < 4.78 is 5.26. The number of hydrogen-bond donors (Lipinski definition) is 2. The van der Waals surface area contributed by atoms with Gasteiger partial charge < -0.3 is 15.2 Å². The minimum absolute atomic E-state index is 0.0868. The number of aryl methyl sites for hydroxylation is 1. The first-order chi connectivity index (χ1) is 9.25. The first-order valence-electron chi connectivity index (χ1n) is 6.72. The third-order valence-electron chi connectivity index (χ3n) is 3.70. The van der Waals surface area contributed by atoms with Crippen LogP contribution in [-0.2, 0) is 11.2 Å². The SMILES string of the molecule is O=C(NC1CCOC1)N1CCCc2cccc(O)c21. The van der Waals surface area contributed by atoms with E-state index < -0.39 is 0 Å². The van der Waals surface area contributed by atoms with Crippen LogP contribution in [0.1, 0.15) is 18.4 Å². The topological polar surface area (TPSA) is 61.8 Å². The number of phenolic OH excluding ortho intramolecular Hbond substituents is 1. The van der Waals surface area contributed by atoms with E-state index >= 15 is 0 Å². The summed E-state index contributed by atoms with van der Waals surface area (Å²) in [5, 5.41) is 13.0. The Labute approximate surface area is 112 Å². The Hall–Kier alpha value is -1.75. The van der Waals surface area contributed by atoms with Crippen LogP contribution in [-0.4, -0.2) is 36.9 Å². The third kappa shape index (κ3) is 2.38. The molecule has 3 rings (SSSR count). The summed E-state index contributed by atoms with van der Waals surface area (Å²) in [6.45, 7) is 1.92. The van der Waals surface area contributed by atoms with Crippen LogP contribution in [0.5, 0.6) is 5.75 Å². The summed E-state index contributed by atoms with van der Waals surface area (Å²) in [7, 11) is 0. The fourth-order valence-electron chi connectivity index (χ4n) is 2.73. The second kappa shape index (κ2) is 5.09. The van der Waals surface area contributed by atoms with Crippen LogP contribution in [0.15, 0.2) is 18.2 Å². The second-order valence-electron chi connectivity index (χ2n) is 5.05. The minimum Gasteiger partial charge on any atom is -0.506 e. The molecule has 1 fully saturated rings. The Morgan fingerprint density at radius 2 is 2.37 bits per heavy atom. The summed E-state index contributed by atoms with van der Waals surface area (Å²) in [4.78, 5) is 14.0. The first kappa shape index (κ1) is 12.3. The number of rotatable bonds is 1. The summed E-state index contributed by atoms with van der Waals surface area (Å²) in [6, 6.07) is 5.36. The molecule has 19 heavy (non-hydrogen) atoms. The van der Waals surface area contributed by atoms with Crippen LogP contribution < -0.4 is 10.2 Å². The molecule has 5 nitrogen and oxygen atoms in total. The normalized spacial score (nSPS) is 22.1. The molecule has 0 radical (unpaired) electrons. The van der Waals surface area contributed by atoms with Crippen molar-refractivity contribution in [3.8, 4) is 5.75 Å². The number of anilines is 1. The molecule has 2 N–H and O–H groups in total. The van der Waals surface area contributed by atoms with E-state index in [0.717, 1.165) is 24.8 Å². The standard InChI is InChI=1S/C14H18N2O3/c17-12-5-1-3-10-4-2-7-16(13(10)12)14(18)15-11-6-8-19-9-11/h1,3,5,11,17H,2,4,6-9H2,(H,15,18). The van der Waals surface area contributed by atoms with Crippen LogP contribution in [0.25, 0.3) is 0 Å². The average molecular weight is 262 g/mol. The van der Waals surface area contributed by atoms with Crippen molar-refractivity contribution in [3.63, 3.8) is 0 Å². The molecule has 0 aromatic heterocycles. The zero-order valence-electron chi connectivity index (χ0n) is 10.8. The van der Waals surface area contributed by atoms with Crippen molar-refractivity contribution in [1.29, 1.82) is 0 Å². The molecule has 1 aromatic rings. The summed E-state index contributed by atoms with van der Waals surface area (Å²) in [5.74, 6) is 0.176. The molecule has 1 aromatic carbocycles. The van der Waals surface area contributed by atoms with Gasteiger partial charge in [-0.15, -0.1) is 0 Å². The Bertz CT molecular complexity index is 484. The zero-order valence-corrected chi connectivity index (χ0v) is 10.8. The molecule has 0 spiro atoms. The van der Waals surface area contributed by atoms with E-state index in [0.29, 0.717) is 25.4 Å². The molecule has 0 aliphatic carbocycles. The number of benzene rings is 1. The van der Waals surface area contributed by atoms with Crippen molar-refractivity contribution in [2.75, 3.05) is 24.7 Å². The molecule has 2 aliphatic heterocycles.